The average Bonchev–Trinajstić information content (AvgIpc) is 2.43. The van der Waals surface area contributed by atoms with Crippen LogP contribution in [0, 0.1) is 6.92 Å². The maximum Gasteiger partial charge on any atom is 0.285 e. The van der Waals surface area contributed by atoms with Gasteiger partial charge in [0.2, 0.25) is 5.95 Å². The van der Waals surface area contributed by atoms with E-state index in [-0.39, 0.29) is 28.3 Å². The van der Waals surface area contributed by atoms with Crippen molar-refractivity contribution in [2.75, 3.05) is 5.73 Å². The molecule has 1 fully saturated rings. The van der Waals surface area contributed by atoms with Gasteiger partial charge in [-0.2, -0.15) is 4.98 Å². The van der Waals surface area contributed by atoms with Crippen molar-refractivity contribution in [3.63, 3.8) is 0 Å². The largest absolute Gasteiger partial charge is 0.393 e. The van der Waals surface area contributed by atoms with Gasteiger partial charge in [-0.3, -0.25) is 9.36 Å². The number of anilines is 1. The monoisotopic (exact) mass is 353 g/mol. The molecule has 0 aromatic carbocycles. The van der Waals surface area contributed by atoms with Crippen LogP contribution in [0.4, 0.5) is 5.95 Å². The second-order valence-corrected chi connectivity index (χ2v) is 6.13. The first-order valence-corrected chi connectivity index (χ1v) is 7.66. The number of aliphatic hydroxyl groups is 1. The first-order chi connectivity index (χ1) is 9.97. The molecule has 1 aliphatic carbocycles. The van der Waals surface area contributed by atoms with Crippen LogP contribution >= 0.6 is 15.9 Å². The van der Waals surface area contributed by atoms with Crippen LogP contribution in [0.1, 0.15) is 37.4 Å². The van der Waals surface area contributed by atoms with E-state index in [0.29, 0.717) is 29.7 Å². The Morgan fingerprint density at radius 3 is 2.57 bits per heavy atom. The van der Waals surface area contributed by atoms with Crippen LogP contribution < -0.4 is 11.3 Å². The zero-order chi connectivity index (χ0) is 15.1. The van der Waals surface area contributed by atoms with E-state index in [9.17, 15) is 9.90 Å². The highest BCUT2D eigenvalue weighted by Gasteiger charge is 2.25. The van der Waals surface area contributed by atoms with E-state index in [2.05, 4.69) is 30.9 Å². The number of halogens is 1. The van der Waals surface area contributed by atoms with Crippen molar-refractivity contribution in [1.82, 2.24) is 19.5 Å². The van der Waals surface area contributed by atoms with E-state index in [1.165, 1.54) is 0 Å². The molecule has 1 saturated carbocycles. The molecule has 3 N–H and O–H groups in total. The molecule has 21 heavy (non-hydrogen) atoms. The van der Waals surface area contributed by atoms with Gasteiger partial charge in [0.05, 0.1) is 11.8 Å². The summed E-state index contributed by atoms with van der Waals surface area (Å²) in [4.78, 5) is 25.0. The van der Waals surface area contributed by atoms with Crippen molar-refractivity contribution >= 4 is 33.0 Å². The molecule has 7 nitrogen and oxygen atoms in total. The number of aryl methyl sites for hydroxylation is 1. The minimum absolute atomic E-state index is 0.00333. The fourth-order valence-electron chi connectivity index (χ4n) is 2.87. The third-order valence-corrected chi connectivity index (χ3v) is 4.44. The third-order valence-electron chi connectivity index (χ3n) is 3.92. The van der Waals surface area contributed by atoms with Crippen LogP contribution in [0.3, 0.4) is 0 Å². The molecule has 1 aliphatic rings. The summed E-state index contributed by atoms with van der Waals surface area (Å²) < 4.78 is 1.89. The van der Waals surface area contributed by atoms with E-state index in [4.69, 9.17) is 5.73 Å². The number of nitrogens with zero attached hydrogens (tertiary/aromatic N) is 4. The number of nitrogens with two attached hydrogens (primary N) is 1. The molecule has 112 valence electrons. The lowest BCUT2D eigenvalue weighted by atomic mass is 9.93. The second-order valence-electron chi connectivity index (χ2n) is 5.38. The number of rotatable bonds is 1. The molecular weight excluding hydrogens is 338 g/mol. The molecule has 2 heterocycles. The lowest BCUT2D eigenvalue weighted by Gasteiger charge is -2.27. The standard InChI is InChI=1S/C13H16BrN5O2/c1-6-9-11(18-13(15)16-6)19(12(21)10(14)17-9)7-2-4-8(20)5-3-7/h7-8,20H,2-5H2,1H3,(H2,15,16,18). The van der Waals surface area contributed by atoms with Crippen molar-refractivity contribution in [1.29, 1.82) is 0 Å². The summed E-state index contributed by atoms with van der Waals surface area (Å²) in [5.41, 5.74) is 7.18. The quantitative estimate of drug-likeness (QED) is 0.800. The number of nitrogen functional groups attached to an aromatic ring is 1. The molecule has 0 bridgehead atoms. The van der Waals surface area contributed by atoms with Gasteiger partial charge in [-0.1, -0.05) is 0 Å². The smallest absolute Gasteiger partial charge is 0.285 e. The SMILES string of the molecule is Cc1nc(N)nc2c1nc(Br)c(=O)n2C1CCC(O)CC1. The molecule has 0 spiro atoms. The maximum atomic E-state index is 12.5. The molecule has 0 atom stereocenters. The van der Waals surface area contributed by atoms with Crippen LogP contribution in [-0.4, -0.2) is 30.7 Å². The van der Waals surface area contributed by atoms with Crippen molar-refractivity contribution in [2.45, 2.75) is 44.8 Å². The van der Waals surface area contributed by atoms with Crippen molar-refractivity contribution in [3.8, 4) is 0 Å². The number of aliphatic hydroxyl groups excluding tert-OH is 1. The third kappa shape index (κ3) is 2.53. The van der Waals surface area contributed by atoms with Gasteiger partial charge in [-0.05, 0) is 48.5 Å². The molecule has 0 radical (unpaired) electrons. The highest BCUT2D eigenvalue weighted by molar-refractivity contribution is 9.10. The Balaban J connectivity index is 2.24. The van der Waals surface area contributed by atoms with E-state index in [1.54, 1.807) is 11.5 Å². The molecule has 0 amide bonds. The summed E-state index contributed by atoms with van der Waals surface area (Å²) in [6.45, 7) is 1.79. The van der Waals surface area contributed by atoms with E-state index in [0.717, 1.165) is 12.8 Å². The van der Waals surface area contributed by atoms with Gasteiger partial charge in [-0.15, -0.1) is 0 Å². The molecule has 2 aromatic rings. The predicted octanol–water partition coefficient (Wildman–Crippen LogP) is 1.32. The van der Waals surface area contributed by atoms with Gasteiger partial charge in [0.15, 0.2) is 10.3 Å². The summed E-state index contributed by atoms with van der Waals surface area (Å²) in [6.07, 6.45) is 2.54. The maximum absolute atomic E-state index is 12.5. The van der Waals surface area contributed by atoms with E-state index in [1.807, 2.05) is 0 Å². The van der Waals surface area contributed by atoms with Gasteiger partial charge in [0.1, 0.15) is 5.52 Å². The number of hydrogen-bond acceptors (Lipinski definition) is 6. The van der Waals surface area contributed by atoms with E-state index < -0.39 is 0 Å². The van der Waals surface area contributed by atoms with Gasteiger partial charge in [0.25, 0.3) is 5.56 Å². The first-order valence-electron chi connectivity index (χ1n) is 6.87. The number of hydrogen-bond donors (Lipinski definition) is 2. The highest BCUT2D eigenvalue weighted by Crippen LogP contribution is 2.30. The minimum atomic E-state index is -0.282. The van der Waals surface area contributed by atoms with Crippen molar-refractivity contribution in [2.24, 2.45) is 0 Å². The Morgan fingerprint density at radius 1 is 1.24 bits per heavy atom. The Kier molecular flexibility index (Phi) is 3.66. The summed E-state index contributed by atoms with van der Waals surface area (Å²) >= 11 is 3.22. The first kappa shape index (κ1) is 14.4. The second kappa shape index (κ2) is 5.34. The molecule has 0 unspecified atom stereocenters. The predicted molar refractivity (Wildman–Crippen MR) is 82.0 cm³/mol. The summed E-state index contributed by atoms with van der Waals surface area (Å²) in [5.74, 6) is 0.133. The normalized spacial score (nSPS) is 22.6. The van der Waals surface area contributed by atoms with Crippen LogP contribution in [-0.2, 0) is 0 Å². The highest BCUT2D eigenvalue weighted by atomic mass is 79.9. The van der Waals surface area contributed by atoms with Gasteiger partial charge < -0.3 is 10.8 Å². The van der Waals surface area contributed by atoms with Crippen LogP contribution in [0.15, 0.2) is 9.40 Å². The average molecular weight is 354 g/mol. The lowest BCUT2D eigenvalue weighted by molar-refractivity contribution is 0.110. The van der Waals surface area contributed by atoms with E-state index >= 15 is 0 Å². The van der Waals surface area contributed by atoms with Gasteiger partial charge >= 0.3 is 0 Å². The zero-order valence-electron chi connectivity index (χ0n) is 11.6. The molecule has 3 rings (SSSR count). The summed E-state index contributed by atoms with van der Waals surface area (Å²) in [5, 5.41) is 9.64. The fraction of sp³-hybridized carbons (Fsp3) is 0.538. The van der Waals surface area contributed by atoms with Crippen molar-refractivity contribution < 1.29 is 5.11 Å². The molecule has 8 heteroatoms. The molecule has 2 aromatic heterocycles. The fourth-order valence-corrected chi connectivity index (χ4v) is 3.24. The summed E-state index contributed by atoms with van der Waals surface area (Å²) in [7, 11) is 0. The number of fused-ring (bicyclic) bond motifs is 1. The zero-order valence-corrected chi connectivity index (χ0v) is 13.2. The lowest BCUT2D eigenvalue weighted by Crippen LogP contribution is -2.31. The summed E-state index contributed by atoms with van der Waals surface area (Å²) in [6, 6.07) is -0.00333. The molecular formula is C13H16BrN5O2. The Hall–Kier alpha value is -1.54. The van der Waals surface area contributed by atoms with Crippen molar-refractivity contribution in [3.05, 3.63) is 20.7 Å². The van der Waals surface area contributed by atoms with Crippen LogP contribution in [0.2, 0.25) is 0 Å². The van der Waals surface area contributed by atoms with Gasteiger partial charge in [-0.25, -0.2) is 9.97 Å². The minimum Gasteiger partial charge on any atom is -0.393 e. The Morgan fingerprint density at radius 2 is 1.90 bits per heavy atom. The molecule has 0 aliphatic heterocycles. The Labute approximate surface area is 129 Å². The van der Waals surface area contributed by atoms with Crippen LogP contribution in [0.25, 0.3) is 11.2 Å². The van der Waals surface area contributed by atoms with Gasteiger partial charge in [0, 0.05) is 6.04 Å². The van der Waals surface area contributed by atoms with Crippen LogP contribution in [0.5, 0.6) is 0 Å². The Bertz CT molecular complexity index is 752. The number of aromatic nitrogens is 4. The molecule has 0 saturated heterocycles. The topological polar surface area (TPSA) is 107 Å².